The molecule has 0 radical (unpaired) electrons. The molecule has 164 valence electrons. The summed E-state index contributed by atoms with van der Waals surface area (Å²) in [5.41, 5.74) is 1.38. The van der Waals surface area contributed by atoms with E-state index >= 15 is 0 Å². The van der Waals surface area contributed by atoms with Crippen molar-refractivity contribution in [3.8, 4) is 17.2 Å². The van der Waals surface area contributed by atoms with E-state index in [1.54, 1.807) is 23.9 Å². The zero-order valence-corrected chi connectivity index (χ0v) is 18.2. The van der Waals surface area contributed by atoms with Crippen molar-refractivity contribution in [2.45, 2.75) is 17.7 Å². The van der Waals surface area contributed by atoms with E-state index < -0.39 is 0 Å². The van der Waals surface area contributed by atoms with Gasteiger partial charge in [0.1, 0.15) is 22.5 Å². The second kappa shape index (κ2) is 10.2. The van der Waals surface area contributed by atoms with Gasteiger partial charge in [0, 0.05) is 18.2 Å². The van der Waals surface area contributed by atoms with Crippen LogP contribution in [-0.4, -0.2) is 35.3 Å². The molecule has 1 heterocycles. The second-order valence-corrected chi connectivity index (χ2v) is 8.70. The van der Waals surface area contributed by atoms with Crippen molar-refractivity contribution >= 4 is 23.6 Å². The lowest BCUT2D eigenvalue weighted by Gasteiger charge is -2.18. The number of thioether (sulfide) groups is 1. The van der Waals surface area contributed by atoms with Crippen LogP contribution in [0.1, 0.15) is 27.6 Å². The zero-order valence-electron chi connectivity index (χ0n) is 17.4. The molecule has 1 saturated heterocycles. The minimum absolute atomic E-state index is 0.0619. The maximum absolute atomic E-state index is 12.8. The van der Waals surface area contributed by atoms with Gasteiger partial charge in [-0.15, -0.1) is 11.8 Å². The van der Waals surface area contributed by atoms with Crippen molar-refractivity contribution in [2.75, 3.05) is 12.3 Å². The van der Waals surface area contributed by atoms with E-state index in [9.17, 15) is 14.7 Å². The molecular weight excluding hydrogens is 424 g/mol. The van der Waals surface area contributed by atoms with E-state index in [4.69, 9.17) is 4.74 Å². The third-order valence-electron chi connectivity index (χ3n) is 5.14. The highest BCUT2D eigenvalue weighted by Gasteiger charge is 2.27. The van der Waals surface area contributed by atoms with Crippen LogP contribution < -0.4 is 15.4 Å². The van der Waals surface area contributed by atoms with Crippen LogP contribution in [0.4, 0.5) is 0 Å². The topological polar surface area (TPSA) is 87.7 Å². The quantitative estimate of drug-likeness (QED) is 0.524. The van der Waals surface area contributed by atoms with Crippen LogP contribution in [0.25, 0.3) is 0 Å². The zero-order chi connectivity index (χ0) is 22.3. The summed E-state index contributed by atoms with van der Waals surface area (Å²) in [4.78, 5) is 25.1. The van der Waals surface area contributed by atoms with Gasteiger partial charge in [-0.3, -0.25) is 9.59 Å². The molecule has 3 aromatic carbocycles. The molecule has 3 aromatic rings. The molecule has 1 aliphatic rings. The van der Waals surface area contributed by atoms with Crippen molar-refractivity contribution in [1.82, 2.24) is 10.6 Å². The first-order valence-corrected chi connectivity index (χ1v) is 11.5. The van der Waals surface area contributed by atoms with Gasteiger partial charge >= 0.3 is 0 Å². The molecule has 7 heteroatoms. The number of para-hydroxylation sites is 1. The fourth-order valence-electron chi connectivity index (χ4n) is 3.42. The van der Waals surface area contributed by atoms with Crippen LogP contribution >= 0.6 is 11.8 Å². The average Bonchev–Trinajstić information content (AvgIpc) is 3.00. The van der Waals surface area contributed by atoms with Gasteiger partial charge in [-0.1, -0.05) is 30.3 Å². The maximum Gasteiger partial charge on any atom is 0.251 e. The maximum atomic E-state index is 12.8. The molecule has 0 saturated carbocycles. The summed E-state index contributed by atoms with van der Waals surface area (Å²) in [6.45, 7) is 0.350. The number of hydrogen-bond acceptors (Lipinski definition) is 5. The number of carbonyl (C=O) groups is 2. The fraction of sp³-hybridized carbons (Fsp3) is 0.200. The molecule has 2 atom stereocenters. The summed E-state index contributed by atoms with van der Waals surface area (Å²) in [6, 6.07) is 23.1. The molecule has 1 aliphatic heterocycles. The Labute approximate surface area is 191 Å². The summed E-state index contributed by atoms with van der Waals surface area (Å²) < 4.78 is 5.83. The van der Waals surface area contributed by atoms with Gasteiger partial charge in [0.2, 0.25) is 5.91 Å². The van der Waals surface area contributed by atoms with E-state index in [0.717, 1.165) is 23.5 Å². The summed E-state index contributed by atoms with van der Waals surface area (Å²) in [7, 11) is 0. The average molecular weight is 449 g/mol. The smallest absolute Gasteiger partial charge is 0.251 e. The number of phenolic OH excluding ortho intramolecular Hbond substituents is 1. The lowest BCUT2D eigenvalue weighted by atomic mass is 10.1. The van der Waals surface area contributed by atoms with E-state index in [2.05, 4.69) is 10.6 Å². The van der Waals surface area contributed by atoms with Crippen LogP contribution in [0, 0.1) is 0 Å². The van der Waals surface area contributed by atoms with Crippen molar-refractivity contribution in [2.24, 2.45) is 0 Å². The molecule has 3 N–H and O–H groups in total. The molecule has 0 bridgehead atoms. The summed E-state index contributed by atoms with van der Waals surface area (Å²) in [5, 5.41) is 15.0. The van der Waals surface area contributed by atoms with Crippen LogP contribution in [0.3, 0.4) is 0 Å². The third-order valence-corrected chi connectivity index (χ3v) is 6.43. The molecule has 2 amide bonds. The van der Waals surface area contributed by atoms with Gasteiger partial charge in [0.15, 0.2) is 0 Å². The minimum atomic E-state index is -0.307. The Morgan fingerprint density at radius 1 is 1.00 bits per heavy atom. The monoisotopic (exact) mass is 448 g/mol. The van der Waals surface area contributed by atoms with Crippen molar-refractivity contribution in [3.63, 3.8) is 0 Å². The van der Waals surface area contributed by atoms with Gasteiger partial charge in [-0.2, -0.15) is 0 Å². The molecule has 4 rings (SSSR count). The Morgan fingerprint density at radius 3 is 2.41 bits per heavy atom. The predicted octanol–water partition coefficient (Wildman–Crippen LogP) is 4.28. The highest BCUT2D eigenvalue weighted by atomic mass is 32.2. The van der Waals surface area contributed by atoms with Crippen molar-refractivity contribution in [1.29, 1.82) is 0 Å². The molecule has 0 aliphatic carbocycles. The number of amides is 2. The van der Waals surface area contributed by atoms with Crippen LogP contribution in [0.15, 0.2) is 78.9 Å². The second-order valence-electron chi connectivity index (χ2n) is 7.49. The number of nitrogens with one attached hydrogen (secondary N) is 2. The molecule has 6 nitrogen and oxygen atoms in total. The van der Waals surface area contributed by atoms with Gasteiger partial charge in [0.25, 0.3) is 5.91 Å². The largest absolute Gasteiger partial charge is 0.508 e. The summed E-state index contributed by atoms with van der Waals surface area (Å²) >= 11 is 1.60. The van der Waals surface area contributed by atoms with Crippen LogP contribution in [-0.2, 0) is 4.79 Å². The number of rotatable bonds is 6. The first kappa shape index (κ1) is 21.8. The van der Waals surface area contributed by atoms with Crippen LogP contribution in [0.5, 0.6) is 17.2 Å². The van der Waals surface area contributed by atoms with Gasteiger partial charge in [0.05, 0.1) is 0 Å². The Kier molecular flexibility index (Phi) is 6.97. The van der Waals surface area contributed by atoms with E-state index in [-0.39, 0.29) is 28.9 Å². The Hall–Kier alpha value is -3.45. The van der Waals surface area contributed by atoms with Gasteiger partial charge < -0.3 is 20.5 Å². The molecule has 0 aromatic heterocycles. The SMILES string of the molecule is O=C(NC[C@@H]1CCS[C@H](c2ccc(Oc3ccccc3)cc2)C(=O)N1)c1ccc(O)cc1. The normalized spacial score (nSPS) is 18.3. The third kappa shape index (κ3) is 5.62. The standard InChI is InChI=1S/C25H24N2O4S/c28-20-10-6-18(7-11-20)24(29)26-16-19-14-15-32-23(25(30)27-19)17-8-12-22(13-9-17)31-21-4-2-1-3-5-21/h1-13,19,23,28H,14-16H2,(H,26,29)(H,27,30)/t19-,23+/m0/s1. The Morgan fingerprint density at radius 2 is 1.69 bits per heavy atom. The molecule has 0 spiro atoms. The Bertz CT molecular complexity index is 1060. The predicted molar refractivity (Wildman–Crippen MR) is 125 cm³/mol. The highest BCUT2D eigenvalue weighted by molar-refractivity contribution is 8.00. The van der Waals surface area contributed by atoms with E-state index in [0.29, 0.717) is 17.9 Å². The van der Waals surface area contributed by atoms with Crippen molar-refractivity contribution in [3.05, 3.63) is 90.0 Å². The first-order chi connectivity index (χ1) is 15.6. The van der Waals surface area contributed by atoms with Gasteiger partial charge in [-0.05, 0) is 66.3 Å². The number of aromatic hydroxyl groups is 1. The number of hydrogen-bond donors (Lipinski definition) is 3. The number of phenols is 1. The lowest BCUT2D eigenvalue weighted by Crippen LogP contribution is -2.43. The van der Waals surface area contributed by atoms with Crippen LogP contribution in [0.2, 0.25) is 0 Å². The first-order valence-electron chi connectivity index (χ1n) is 10.4. The number of benzene rings is 3. The van der Waals surface area contributed by atoms with Gasteiger partial charge in [-0.25, -0.2) is 0 Å². The highest BCUT2D eigenvalue weighted by Crippen LogP contribution is 2.33. The van der Waals surface area contributed by atoms with E-state index in [1.165, 1.54) is 12.1 Å². The molecule has 1 fully saturated rings. The molecular formula is C25H24N2O4S. The summed E-state index contributed by atoms with van der Waals surface area (Å²) in [6.07, 6.45) is 0.762. The molecule has 0 unspecified atom stereocenters. The van der Waals surface area contributed by atoms with E-state index in [1.807, 2.05) is 54.6 Å². The summed E-state index contributed by atoms with van der Waals surface area (Å²) in [5.74, 6) is 2.09. The number of ether oxygens (including phenoxy) is 1. The Balaban J connectivity index is 1.33. The lowest BCUT2D eigenvalue weighted by molar-refractivity contribution is -0.121. The minimum Gasteiger partial charge on any atom is -0.508 e. The number of carbonyl (C=O) groups excluding carboxylic acids is 2. The van der Waals surface area contributed by atoms with Crippen molar-refractivity contribution < 1.29 is 19.4 Å². The fourth-order valence-corrected chi connectivity index (χ4v) is 4.64. The molecule has 32 heavy (non-hydrogen) atoms.